The summed E-state index contributed by atoms with van der Waals surface area (Å²) in [6, 6.07) is 27.9. The molecular formula is C31H32ClN5OS. The standard InChI is InChI=1S/C31H32ClN5OS/c1-22-9-6-7-14-27(22)36-15-17-37(18-16-36)29-20-28(32)34-31(35-29)39-21-24-10-8-13-26(19-24)30(38)33-23(2)25-11-4-3-5-12-25/h3-14,19-20,23H,15-18,21H2,1-2H3,(H,33,38). The quantitative estimate of drug-likeness (QED) is 0.151. The third-order valence-corrected chi connectivity index (χ3v) is 8.04. The number of thioether (sulfide) groups is 1. The zero-order valence-corrected chi connectivity index (χ0v) is 23.8. The molecule has 3 aromatic carbocycles. The van der Waals surface area contributed by atoms with Crippen LogP contribution >= 0.6 is 23.4 Å². The average Bonchev–Trinajstić information content (AvgIpc) is 2.97. The number of aryl methyl sites for hydroxylation is 1. The second-order valence-corrected chi connectivity index (χ2v) is 11.0. The molecule has 1 aliphatic rings. The molecule has 1 fully saturated rings. The third-order valence-electron chi connectivity index (χ3n) is 6.92. The normalized spacial score (nSPS) is 14.2. The van der Waals surface area contributed by atoms with Gasteiger partial charge < -0.3 is 15.1 Å². The molecule has 2 heterocycles. The van der Waals surface area contributed by atoms with Crippen molar-refractivity contribution in [3.63, 3.8) is 0 Å². The van der Waals surface area contributed by atoms with Crippen LogP contribution in [0.1, 0.15) is 40.0 Å². The third kappa shape index (κ3) is 6.91. The largest absolute Gasteiger partial charge is 0.368 e. The van der Waals surface area contributed by atoms with Gasteiger partial charge in [0.25, 0.3) is 5.91 Å². The number of rotatable bonds is 8. The molecule has 1 aromatic heterocycles. The summed E-state index contributed by atoms with van der Waals surface area (Å²) in [4.78, 5) is 26.8. The second kappa shape index (κ2) is 12.5. The Morgan fingerprint density at radius 2 is 1.64 bits per heavy atom. The van der Waals surface area contributed by atoms with Crippen LogP contribution in [-0.2, 0) is 5.75 Å². The number of carbonyl (C=O) groups excluding carboxylic acids is 1. The number of carbonyl (C=O) groups is 1. The van der Waals surface area contributed by atoms with Crippen molar-refractivity contribution in [1.82, 2.24) is 15.3 Å². The molecule has 6 nitrogen and oxygen atoms in total. The summed E-state index contributed by atoms with van der Waals surface area (Å²) in [5.41, 5.74) is 5.32. The van der Waals surface area contributed by atoms with Crippen LogP contribution in [0.2, 0.25) is 5.15 Å². The maximum absolute atomic E-state index is 12.9. The van der Waals surface area contributed by atoms with Crippen molar-refractivity contribution in [1.29, 1.82) is 0 Å². The number of piperazine rings is 1. The maximum atomic E-state index is 12.9. The molecule has 0 aliphatic carbocycles. The minimum atomic E-state index is -0.0932. The van der Waals surface area contributed by atoms with Crippen molar-refractivity contribution in [2.75, 3.05) is 36.0 Å². The first kappa shape index (κ1) is 27.0. The molecule has 1 amide bonds. The van der Waals surface area contributed by atoms with Gasteiger partial charge in [-0.3, -0.25) is 4.79 Å². The summed E-state index contributed by atoms with van der Waals surface area (Å²) in [6.07, 6.45) is 0. The van der Waals surface area contributed by atoms with Crippen molar-refractivity contribution >= 4 is 40.8 Å². The number of amides is 1. The summed E-state index contributed by atoms with van der Waals surface area (Å²) >= 11 is 7.93. The van der Waals surface area contributed by atoms with E-state index in [1.807, 2.05) is 67.6 Å². The fraction of sp³-hybridized carbons (Fsp3) is 0.258. The topological polar surface area (TPSA) is 61.4 Å². The van der Waals surface area contributed by atoms with Gasteiger partial charge in [0.2, 0.25) is 0 Å². The van der Waals surface area contributed by atoms with E-state index in [1.165, 1.54) is 23.0 Å². The Kier molecular flexibility index (Phi) is 8.69. The molecule has 0 saturated carbocycles. The van der Waals surface area contributed by atoms with E-state index in [1.54, 1.807) is 0 Å². The SMILES string of the molecule is Cc1ccccc1N1CCN(c2cc(Cl)nc(SCc3cccc(C(=O)NC(C)c4ccccc4)c3)n2)CC1. The first-order valence-electron chi connectivity index (χ1n) is 13.1. The van der Waals surface area contributed by atoms with E-state index in [0.29, 0.717) is 21.6 Å². The lowest BCUT2D eigenvalue weighted by atomic mass is 10.1. The molecule has 1 N–H and O–H groups in total. The average molecular weight is 558 g/mol. The van der Waals surface area contributed by atoms with Crippen LogP contribution in [0.15, 0.2) is 90.1 Å². The number of aromatic nitrogens is 2. The molecule has 0 spiro atoms. The van der Waals surface area contributed by atoms with Gasteiger partial charge in [0.15, 0.2) is 5.16 Å². The highest BCUT2D eigenvalue weighted by Gasteiger charge is 2.20. The lowest BCUT2D eigenvalue weighted by molar-refractivity contribution is 0.0940. The van der Waals surface area contributed by atoms with Crippen molar-refractivity contribution in [2.24, 2.45) is 0 Å². The van der Waals surface area contributed by atoms with E-state index < -0.39 is 0 Å². The van der Waals surface area contributed by atoms with Crippen LogP contribution in [-0.4, -0.2) is 42.1 Å². The molecule has 1 atom stereocenters. The summed E-state index contributed by atoms with van der Waals surface area (Å²) < 4.78 is 0. The first-order chi connectivity index (χ1) is 19.0. The fourth-order valence-corrected chi connectivity index (χ4v) is 5.79. The molecular weight excluding hydrogens is 526 g/mol. The monoisotopic (exact) mass is 557 g/mol. The van der Waals surface area contributed by atoms with Gasteiger partial charge in [0.1, 0.15) is 11.0 Å². The molecule has 1 aliphatic heterocycles. The number of anilines is 2. The zero-order chi connectivity index (χ0) is 27.2. The fourth-order valence-electron chi connectivity index (χ4n) is 4.76. The van der Waals surface area contributed by atoms with E-state index in [2.05, 4.69) is 51.3 Å². The minimum absolute atomic E-state index is 0.0754. The highest BCUT2D eigenvalue weighted by Crippen LogP contribution is 2.27. The Morgan fingerprint density at radius 3 is 2.41 bits per heavy atom. The first-order valence-corrected chi connectivity index (χ1v) is 14.5. The lowest BCUT2D eigenvalue weighted by Crippen LogP contribution is -2.47. The lowest BCUT2D eigenvalue weighted by Gasteiger charge is -2.37. The second-order valence-electron chi connectivity index (χ2n) is 9.69. The van der Waals surface area contributed by atoms with Crippen LogP contribution in [0.5, 0.6) is 0 Å². The van der Waals surface area contributed by atoms with Crippen LogP contribution in [0.3, 0.4) is 0 Å². The van der Waals surface area contributed by atoms with Gasteiger partial charge in [0.05, 0.1) is 6.04 Å². The highest BCUT2D eigenvalue weighted by molar-refractivity contribution is 7.98. The number of benzene rings is 3. The number of halogens is 1. The van der Waals surface area contributed by atoms with Crippen molar-refractivity contribution < 1.29 is 4.79 Å². The van der Waals surface area contributed by atoms with Gasteiger partial charge in [-0.1, -0.05) is 84.0 Å². The number of nitrogens with one attached hydrogen (secondary N) is 1. The number of hydrogen-bond acceptors (Lipinski definition) is 6. The van der Waals surface area contributed by atoms with Crippen molar-refractivity contribution in [3.8, 4) is 0 Å². The van der Waals surface area contributed by atoms with Gasteiger partial charge in [0, 0.05) is 49.2 Å². The summed E-state index contributed by atoms with van der Waals surface area (Å²) in [5.74, 6) is 1.39. The predicted octanol–water partition coefficient (Wildman–Crippen LogP) is 6.55. The molecule has 0 radical (unpaired) electrons. The van der Waals surface area contributed by atoms with Gasteiger partial charge in [-0.15, -0.1) is 0 Å². The molecule has 5 rings (SSSR count). The molecule has 8 heteroatoms. The maximum Gasteiger partial charge on any atom is 0.251 e. The molecule has 200 valence electrons. The van der Waals surface area contributed by atoms with Crippen LogP contribution < -0.4 is 15.1 Å². The Morgan fingerprint density at radius 1 is 0.923 bits per heavy atom. The Labute approximate surface area is 239 Å². The smallest absolute Gasteiger partial charge is 0.251 e. The van der Waals surface area contributed by atoms with Crippen LogP contribution in [0.4, 0.5) is 11.5 Å². The number of hydrogen-bond donors (Lipinski definition) is 1. The summed E-state index contributed by atoms with van der Waals surface area (Å²) in [5, 5.41) is 4.15. The van der Waals surface area contributed by atoms with Gasteiger partial charge >= 0.3 is 0 Å². The van der Waals surface area contributed by atoms with Crippen molar-refractivity contribution in [2.45, 2.75) is 30.8 Å². The zero-order valence-electron chi connectivity index (χ0n) is 22.2. The van der Waals surface area contributed by atoms with Gasteiger partial charge in [-0.25, -0.2) is 9.97 Å². The molecule has 1 saturated heterocycles. The van der Waals surface area contributed by atoms with E-state index in [0.717, 1.165) is 43.1 Å². The van der Waals surface area contributed by atoms with Crippen LogP contribution in [0.25, 0.3) is 0 Å². The van der Waals surface area contributed by atoms with Crippen LogP contribution in [0, 0.1) is 6.92 Å². The summed E-state index contributed by atoms with van der Waals surface area (Å²) in [6.45, 7) is 7.72. The summed E-state index contributed by atoms with van der Waals surface area (Å²) in [7, 11) is 0. The molecule has 0 bridgehead atoms. The Bertz CT molecular complexity index is 1430. The molecule has 39 heavy (non-hydrogen) atoms. The highest BCUT2D eigenvalue weighted by atomic mass is 35.5. The molecule has 4 aromatic rings. The van der Waals surface area contributed by atoms with E-state index in [4.69, 9.17) is 16.6 Å². The Hall–Kier alpha value is -3.55. The number of nitrogens with zero attached hydrogens (tertiary/aromatic N) is 4. The van der Waals surface area contributed by atoms with Gasteiger partial charge in [-0.05, 0) is 48.7 Å². The van der Waals surface area contributed by atoms with E-state index in [-0.39, 0.29) is 11.9 Å². The number of para-hydroxylation sites is 1. The van der Waals surface area contributed by atoms with E-state index >= 15 is 0 Å². The minimum Gasteiger partial charge on any atom is -0.368 e. The van der Waals surface area contributed by atoms with Gasteiger partial charge in [-0.2, -0.15) is 0 Å². The Balaban J connectivity index is 1.20. The predicted molar refractivity (Wildman–Crippen MR) is 161 cm³/mol. The molecule has 1 unspecified atom stereocenters. The van der Waals surface area contributed by atoms with Crippen molar-refractivity contribution in [3.05, 3.63) is 112 Å². The van der Waals surface area contributed by atoms with E-state index in [9.17, 15) is 4.79 Å².